The van der Waals surface area contributed by atoms with Crippen LogP contribution >= 0.6 is 28.3 Å². The lowest BCUT2D eigenvalue weighted by Crippen LogP contribution is -2.41. The van der Waals surface area contributed by atoms with Crippen molar-refractivity contribution in [3.05, 3.63) is 44.6 Å². The van der Waals surface area contributed by atoms with Gasteiger partial charge in [0.05, 0.1) is 0 Å². The summed E-state index contributed by atoms with van der Waals surface area (Å²) in [7, 11) is 0. The second kappa shape index (κ2) is 7.29. The molecule has 0 amide bonds. The zero-order valence-corrected chi connectivity index (χ0v) is 17.2. The molecular weight excluding hydrogens is 398 g/mol. The van der Waals surface area contributed by atoms with Crippen LogP contribution in [0.25, 0.3) is 0 Å². The molecule has 1 aromatic carbocycles. The van der Waals surface area contributed by atoms with E-state index in [1.165, 1.54) is 32.9 Å². The molecule has 0 spiro atoms. The first kappa shape index (κ1) is 18.7. The first-order chi connectivity index (χ1) is 11.5. The molecule has 1 aliphatic carbocycles. The van der Waals surface area contributed by atoms with E-state index < -0.39 is 0 Å². The van der Waals surface area contributed by atoms with Gasteiger partial charge in [-0.25, -0.2) is 0 Å². The van der Waals surface area contributed by atoms with Crippen molar-refractivity contribution < 1.29 is 10.2 Å². The Morgan fingerprint density at radius 3 is 2.68 bits per heavy atom. The van der Waals surface area contributed by atoms with E-state index in [2.05, 4.69) is 25.2 Å². The Balaban J connectivity index is 0.00000182. The number of rotatable bonds is 3. The molecule has 25 heavy (non-hydrogen) atoms. The van der Waals surface area contributed by atoms with Crippen molar-refractivity contribution in [2.24, 2.45) is 5.92 Å². The summed E-state index contributed by atoms with van der Waals surface area (Å²) >= 11 is 1.94. The van der Waals surface area contributed by atoms with Gasteiger partial charge in [-0.2, -0.15) is 0 Å². The molecule has 0 radical (unpaired) electrons. The lowest BCUT2D eigenvalue weighted by atomic mass is 9.74. The van der Waals surface area contributed by atoms with Gasteiger partial charge in [-0.05, 0) is 66.5 Å². The third-order valence-corrected chi connectivity index (χ3v) is 6.63. The van der Waals surface area contributed by atoms with Gasteiger partial charge in [0, 0.05) is 28.3 Å². The smallest absolute Gasteiger partial charge is 0.157 e. The van der Waals surface area contributed by atoms with E-state index in [4.69, 9.17) is 0 Å². The van der Waals surface area contributed by atoms with E-state index in [0.29, 0.717) is 12.0 Å². The fourth-order valence-corrected chi connectivity index (χ4v) is 5.30. The molecule has 4 rings (SSSR count). The lowest BCUT2D eigenvalue weighted by Gasteiger charge is -2.38. The Kier molecular flexibility index (Phi) is 5.47. The van der Waals surface area contributed by atoms with Crippen LogP contribution in [0.4, 0.5) is 0 Å². The number of halogens is 1. The minimum absolute atomic E-state index is 0. The maximum absolute atomic E-state index is 10.00. The van der Waals surface area contributed by atoms with Crippen LogP contribution in [0.3, 0.4) is 0 Å². The number of aromatic hydroxyl groups is 2. The third-order valence-electron chi connectivity index (χ3n) is 5.42. The van der Waals surface area contributed by atoms with Gasteiger partial charge in [0.25, 0.3) is 0 Å². The van der Waals surface area contributed by atoms with Gasteiger partial charge in [-0.3, -0.25) is 0 Å². The average Bonchev–Trinajstić information content (AvgIpc) is 2.97. The van der Waals surface area contributed by atoms with Crippen molar-refractivity contribution in [3.63, 3.8) is 0 Å². The molecule has 5 heteroatoms. The molecule has 0 unspecified atom stereocenters. The number of aryl methyl sites for hydroxylation is 2. The van der Waals surface area contributed by atoms with Crippen molar-refractivity contribution in [1.29, 1.82) is 0 Å². The molecular formula is C20H26BrNO2S. The number of phenols is 2. The van der Waals surface area contributed by atoms with Crippen LogP contribution in [0.2, 0.25) is 0 Å². The van der Waals surface area contributed by atoms with Gasteiger partial charge < -0.3 is 15.5 Å². The molecule has 3 nitrogen and oxygen atoms in total. The largest absolute Gasteiger partial charge is 0.504 e. The highest BCUT2D eigenvalue weighted by molar-refractivity contribution is 8.93. The first-order valence-corrected chi connectivity index (χ1v) is 9.74. The highest BCUT2D eigenvalue weighted by atomic mass is 79.9. The van der Waals surface area contributed by atoms with Crippen molar-refractivity contribution >= 4 is 28.3 Å². The summed E-state index contributed by atoms with van der Waals surface area (Å²) in [4.78, 5) is 2.92. The number of hydrogen-bond acceptors (Lipinski definition) is 4. The van der Waals surface area contributed by atoms with E-state index in [1.54, 1.807) is 12.1 Å². The number of benzene rings is 1. The van der Waals surface area contributed by atoms with Crippen molar-refractivity contribution in [2.75, 3.05) is 0 Å². The van der Waals surface area contributed by atoms with Gasteiger partial charge in [-0.1, -0.05) is 13.8 Å². The molecule has 1 aliphatic heterocycles. The summed E-state index contributed by atoms with van der Waals surface area (Å²) in [5, 5.41) is 23.5. The van der Waals surface area contributed by atoms with Gasteiger partial charge in [0.1, 0.15) is 0 Å². The first-order valence-electron chi connectivity index (χ1n) is 8.92. The molecule has 2 aromatic rings. The monoisotopic (exact) mass is 423 g/mol. The molecule has 136 valence electrons. The van der Waals surface area contributed by atoms with E-state index in [0.717, 1.165) is 31.7 Å². The van der Waals surface area contributed by atoms with Crippen LogP contribution in [-0.2, 0) is 19.4 Å². The zero-order valence-electron chi connectivity index (χ0n) is 14.7. The zero-order chi connectivity index (χ0) is 16.8. The summed E-state index contributed by atoms with van der Waals surface area (Å²) in [5.74, 6) is 1.02. The SMILES string of the molecule is Br.CC(C)CCc1cc2c(s1)CN[C@H]1CCc3cc(O)c(O)cc3[C@H]21. The summed E-state index contributed by atoms with van der Waals surface area (Å²) in [6, 6.07) is 6.37. The van der Waals surface area contributed by atoms with Crippen molar-refractivity contribution in [3.8, 4) is 11.5 Å². The maximum Gasteiger partial charge on any atom is 0.157 e. The summed E-state index contributed by atoms with van der Waals surface area (Å²) in [5.41, 5.74) is 3.80. The van der Waals surface area contributed by atoms with Gasteiger partial charge in [0.2, 0.25) is 0 Å². The van der Waals surface area contributed by atoms with Crippen LogP contribution in [-0.4, -0.2) is 16.3 Å². The molecule has 0 bridgehead atoms. The molecule has 2 aliphatic rings. The molecule has 2 atom stereocenters. The third kappa shape index (κ3) is 3.46. The van der Waals surface area contributed by atoms with Crippen molar-refractivity contribution in [2.45, 2.75) is 58.0 Å². The fraction of sp³-hybridized carbons (Fsp3) is 0.500. The standard InChI is InChI=1S/C20H25NO2S.BrH/c1-11(2)3-5-13-8-15-19(24-13)10-21-16-6-4-12-7-17(22)18(23)9-14(12)20(15)16;/h7-9,11,16,20-23H,3-6,10H2,1-2H3;1H/t16-,20+;/m0./s1. The Morgan fingerprint density at radius 2 is 1.92 bits per heavy atom. The Morgan fingerprint density at radius 1 is 1.16 bits per heavy atom. The van der Waals surface area contributed by atoms with Crippen LogP contribution in [0, 0.1) is 5.92 Å². The molecule has 2 heterocycles. The quantitative estimate of drug-likeness (QED) is 0.616. The minimum atomic E-state index is -0.00298. The summed E-state index contributed by atoms with van der Waals surface area (Å²) in [6.07, 6.45) is 4.42. The van der Waals surface area contributed by atoms with Crippen LogP contribution in [0.5, 0.6) is 11.5 Å². The molecule has 0 saturated heterocycles. The highest BCUT2D eigenvalue weighted by Crippen LogP contribution is 2.46. The van der Waals surface area contributed by atoms with Crippen molar-refractivity contribution in [1.82, 2.24) is 5.32 Å². The summed E-state index contributed by atoms with van der Waals surface area (Å²) < 4.78 is 0. The number of thiophene rings is 1. The van der Waals surface area contributed by atoms with E-state index in [-0.39, 0.29) is 28.5 Å². The second-order valence-electron chi connectivity index (χ2n) is 7.57. The number of hydrogen-bond donors (Lipinski definition) is 3. The highest BCUT2D eigenvalue weighted by Gasteiger charge is 2.36. The fourth-order valence-electron chi connectivity index (χ4n) is 4.12. The molecule has 0 saturated carbocycles. The van der Waals surface area contributed by atoms with Gasteiger partial charge in [-0.15, -0.1) is 28.3 Å². The van der Waals surface area contributed by atoms with Gasteiger partial charge in [0.15, 0.2) is 11.5 Å². The van der Waals surface area contributed by atoms with Crippen LogP contribution < -0.4 is 5.32 Å². The van der Waals surface area contributed by atoms with Gasteiger partial charge >= 0.3 is 0 Å². The molecule has 0 fully saturated rings. The Labute approximate surface area is 163 Å². The maximum atomic E-state index is 10.00. The van der Waals surface area contributed by atoms with Crippen LogP contribution in [0.1, 0.15) is 59.1 Å². The summed E-state index contributed by atoms with van der Waals surface area (Å²) in [6.45, 7) is 5.51. The lowest BCUT2D eigenvalue weighted by molar-refractivity contribution is 0.382. The Bertz CT molecular complexity index is 771. The van der Waals surface area contributed by atoms with E-state index >= 15 is 0 Å². The second-order valence-corrected chi connectivity index (χ2v) is 8.79. The van der Waals surface area contributed by atoms with Crippen LogP contribution in [0.15, 0.2) is 18.2 Å². The number of nitrogens with one attached hydrogen (secondary N) is 1. The van der Waals surface area contributed by atoms with E-state index in [1.807, 2.05) is 11.3 Å². The number of phenolic OH excluding ortho intramolecular Hbond substituents is 2. The normalized spacial score (nSPS) is 21.2. The average molecular weight is 424 g/mol. The molecule has 1 aromatic heterocycles. The number of fused-ring (bicyclic) bond motifs is 5. The van der Waals surface area contributed by atoms with E-state index in [9.17, 15) is 10.2 Å². The predicted molar refractivity (Wildman–Crippen MR) is 108 cm³/mol. The molecule has 3 N–H and O–H groups in total. The Hall–Kier alpha value is -1.04. The minimum Gasteiger partial charge on any atom is -0.504 e. The topological polar surface area (TPSA) is 52.5 Å². The predicted octanol–water partition coefficient (Wildman–Crippen LogP) is 4.88.